The molecule has 0 aliphatic carbocycles. The van der Waals surface area contributed by atoms with Crippen molar-refractivity contribution in [3.63, 3.8) is 0 Å². The maximum Gasteiger partial charge on any atom is 0.123 e. The topological polar surface area (TPSA) is 20.2 Å². The summed E-state index contributed by atoms with van der Waals surface area (Å²) in [6.07, 6.45) is 4.93. The van der Waals surface area contributed by atoms with E-state index in [-0.39, 0.29) is 10.8 Å². The molecule has 2 heteroatoms. The van der Waals surface area contributed by atoms with Crippen LogP contribution in [0.3, 0.4) is 0 Å². The van der Waals surface area contributed by atoms with Crippen molar-refractivity contribution < 1.29 is 5.11 Å². The van der Waals surface area contributed by atoms with Crippen molar-refractivity contribution in [3.8, 4) is 5.75 Å². The van der Waals surface area contributed by atoms with Gasteiger partial charge in [-0.15, -0.1) is 0 Å². The molecule has 0 amide bonds. The van der Waals surface area contributed by atoms with Crippen LogP contribution in [-0.2, 0) is 17.3 Å². The van der Waals surface area contributed by atoms with Crippen LogP contribution in [0.5, 0.6) is 5.75 Å². The van der Waals surface area contributed by atoms with Crippen molar-refractivity contribution in [2.75, 3.05) is 11.5 Å². The Hall–Kier alpha value is -0.630. The van der Waals surface area contributed by atoms with Crippen LogP contribution in [-0.4, -0.2) is 16.6 Å². The van der Waals surface area contributed by atoms with Crippen molar-refractivity contribution in [3.05, 3.63) is 28.8 Å². The Kier molecular flexibility index (Phi) is 7.51. The van der Waals surface area contributed by atoms with Gasteiger partial charge in [-0.2, -0.15) is 11.8 Å². The van der Waals surface area contributed by atoms with Gasteiger partial charge in [0.1, 0.15) is 5.75 Å². The summed E-state index contributed by atoms with van der Waals surface area (Å²) in [5.41, 5.74) is 3.47. The van der Waals surface area contributed by atoms with Crippen LogP contribution >= 0.6 is 11.8 Å². The first-order valence-corrected chi connectivity index (χ1v) is 10.2. The predicted octanol–water partition coefficient (Wildman–Crippen LogP) is 6.45. The van der Waals surface area contributed by atoms with Crippen LogP contribution in [0.1, 0.15) is 84.4 Å². The summed E-state index contributed by atoms with van der Waals surface area (Å²) >= 11 is 2.07. The normalized spacial score (nSPS) is 12.7. The highest BCUT2D eigenvalue weighted by Gasteiger charge is 2.26. The lowest BCUT2D eigenvalue weighted by molar-refractivity contribution is 0.422. The minimum Gasteiger partial charge on any atom is -0.507 e. The van der Waals surface area contributed by atoms with Crippen LogP contribution in [0.25, 0.3) is 0 Å². The molecule has 0 spiro atoms. The van der Waals surface area contributed by atoms with Gasteiger partial charge in [0.05, 0.1) is 0 Å². The molecule has 0 radical (unpaired) electrons. The summed E-state index contributed by atoms with van der Waals surface area (Å²) in [6, 6.07) is 4.45. The number of thioether (sulfide) groups is 1. The van der Waals surface area contributed by atoms with Crippen LogP contribution in [0.15, 0.2) is 12.1 Å². The van der Waals surface area contributed by atoms with E-state index >= 15 is 0 Å². The summed E-state index contributed by atoms with van der Waals surface area (Å²) in [6.45, 7) is 15.3. The molecular weight excluding hydrogens is 300 g/mol. The number of phenolic OH excluding ortho intramolecular Hbond substituents is 1. The van der Waals surface area contributed by atoms with Crippen LogP contribution in [0, 0.1) is 0 Å². The molecule has 132 valence electrons. The second-order valence-electron chi connectivity index (χ2n) is 8.61. The Bertz CT molecular complexity index is 457. The SMILES string of the molecule is CCCCSCCCc1cc(C(C)(C)C)c(O)c(C(C)(C)C)c1. The molecular formula is C21H36OS. The van der Waals surface area contributed by atoms with E-state index in [0.717, 1.165) is 17.5 Å². The molecule has 1 nitrogen and oxygen atoms in total. The summed E-state index contributed by atoms with van der Waals surface area (Å²) in [4.78, 5) is 0. The minimum absolute atomic E-state index is 0.0318. The third kappa shape index (κ3) is 6.41. The Morgan fingerprint density at radius 2 is 1.35 bits per heavy atom. The number of unbranched alkanes of at least 4 members (excludes halogenated alkanes) is 1. The van der Waals surface area contributed by atoms with Crippen LogP contribution in [0.2, 0.25) is 0 Å². The lowest BCUT2D eigenvalue weighted by Crippen LogP contribution is -2.18. The second-order valence-corrected chi connectivity index (χ2v) is 9.83. The van der Waals surface area contributed by atoms with Gasteiger partial charge in [0, 0.05) is 0 Å². The van der Waals surface area contributed by atoms with E-state index in [4.69, 9.17) is 0 Å². The first kappa shape index (κ1) is 20.4. The first-order chi connectivity index (χ1) is 10.6. The molecule has 1 N–H and O–H groups in total. The lowest BCUT2D eigenvalue weighted by Gasteiger charge is -2.28. The number of aryl methyl sites for hydroxylation is 1. The van der Waals surface area contributed by atoms with Crippen molar-refractivity contribution in [1.82, 2.24) is 0 Å². The van der Waals surface area contributed by atoms with Gasteiger partial charge in [0.2, 0.25) is 0 Å². The quantitative estimate of drug-likeness (QED) is 0.577. The number of phenols is 1. The smallest absolute Gasteiger partial charge is 0.123 e. The number of hydrogen-bond acceptors (Lipinski definition) is 2. The fraction of sp³-hybridized carbons (Fsp3) is 0.714. The Morgan fingerprint density at radius 1 is 0.870 bits per heavy atom. The zero-order valence-electron chi connectivity index (χ0n) is 16.3. The second kappa shape index (κ2) is 8.46. The summed E-state index contributed by atoms with van der Waals surface area (Å²) in [5.74, 6) is 3.01. The third-order valence-electron chi connectivity index (χ3n) is 4.18. The molecule has 0 aromatic heterocycles. The average molecular weight is 337 g/mol. The monoisotopic (exact) mass is 336 g/mol. The molecule has 0 unspecified atom stereocenters. The molecule has 23 heavy (non-hydrogen) atoms. The predicted molar refractivity (Wildman–Crippen MR) is 106 cm³/mol. The van der Waals surface area contributed by atoms with Crippen molar-refractivity contribution in [1.29, 1.82) is 0 Å². The number of rotatable bonds is 7. The van der Waals surface area contributed by atoms with Crippen molar-refractivity contribution >= 4 is 11.8 Å². The zero-order valence-corrected chi connectivity index (χ0v) is 17.1. The van der Waals surface area contributed by atoms with Crippen molar-refractivity contribution in [2.24, 2.45) is 0 Å². The van der Waals surface area contributed by atoms with Crippen LogP contribution < -0.4 is 0 Å². The molecule has 0 saturated heterocycles. The first-order valence-electron chi connectivity index (χ1n) is 9.02. The van der Waals surface area contributed by atoms with Gasteiger partial charge in [-0.25, -0.2) is 0 Å². The number of benzene rings is 1. The summed E-state index contributed by atoms with van der Waals surface area (Å²) in [7, 11) is 0. The van der Waals surface area contributed by atoms with Gasteiger partial charge in [0.25, 0.3) is 0 Å². The molecule has 0 fully saturated rings. The standard InChI is InChI=1S/C21H36OS/c1-8-9-12-23-13-10-11-16-14-17(20(2,3)4)19(22)18(15-16)21(5,6)7/h14-15,22H,8-13H2,1-7H3. The maximum absolute atomic E-state index is 10.7. The van der Waals surface area contributed by atoms with Gasteiger partial charge in [-0.1, -0.05) is 67.0 Å². The van der Waals surface area contributed by atoms with Gasteiger partial charge in [-0.05, 0) is 58.3 Å². The Morgan fingerprint density at radius 3 is 1.78 bits per heavy atom. The number of hydrogen-bond donors (Lipinski definition) is 1. The Balaban J connectivity index is 2.91. The Labute approximate surface area is 148 Å². The van der Waals surface area contributed by atoms with E-state index in [9.17, 15) is 5.11 Å². The molecule has 1 aromatic carbocycles. The van der Waals surface area contributed by atoms with Gasteiger partial charge in [0.15, 0.2) is 0 Å². The molecule has 0 heterocycles. The van der Waals surface area contributed by atoms with E-state index < -0.39 is 0 Å². The number of aromatic hydroxyl groups is 1. The van der Waals surface area contributed by atoms with E-state index in [2.05, 4.69) is 72.4 Å². The minimum atomic E-state index is -0.0318. The molecule has 0 aliphatic rings. The van der Waals surface area contributed by atoms with E-state index in [1.165, 1.54) is 36.3 Å². The zero-order chi connectivity index (χ0) is 17.7. The maximum atomic E-state index is 10.7. The molecule has 0 saturated carbocycles. The highest BCUT2D eigenvalue weighted by molar-refractivity contribution is 7.99. The molecule has 1 aromatic rings. The highest BCUT2D eigenvalue weighted by atomic mass is 32.2. The average Bonchev–Trinajstić information content (AvgIpc) is 2.41. The molecule has 0 atom stereocenters. The largest absolute Gasteiger partial charge is 0.507 e. The fourth-order valence-corrected chi connectivity index (χ4v) is 3.75. The molecule has 0 bridgehead atoms. The van der Waals surface area contributed by atoms with E-state index in [1.807, 2.05) is 0 Å². The lowest BCUT2D eigenvalue weighted by atomic mass is 9.78. The highest BCUT2D eigenvalue weighted by Crippen LogP contribution is 2.40. The van der Waals surface area contributed by atoms with E-state index in [0.29, 0.717) is 5.75 Å². The van der Waals surface area contributed by atoms with Gasteiger partial charge >= 0.3 is 0 Å². The molecule has 1 rings (SSSR count). The summed E-state index contributed by atoms with van der Waals surface area (Å²) in [5, 5.41) is 10.7. The van der Waals surface area contributed by atoms with Gasteiger partial charge < -0.3 is 5.11 Å². The van der Waals surface area contributed by atoms with Gasteiger partial charge in [-0.3, -0.25) is 0 Å². The van der Waals surface area contributed by atoms with Crippen LogP contribution in [0.4, 0.5) is 0 Å². The molecule has 0 aliphatic heterocycles. The third-order valence-corrected chi connectivity index (χ3v) is 5.34. The van der Waals surface area contributed by atoms with Crippen molar-refractivity contribution in [2.45, 2.75) is 85.0 Å². The van der Waals surface area contributed by atoms with E-state index in [1.54, 1.807) is 0 Å². The summed E-state index contributed by atoms with van der Waals surface area (Å²) < 4.78 is 0. The fourth-order valence-electron chi connectivity index (χ4n) is 2.71.